The van der Waals surface area contributed by atoms with Gasteiger partial charge in [-0.3, -0.25) is 4.79 Å². The van der Waals surface area contributed by atoms with E-state index in [-0.39, 0.29) is 5.91 Å². The molecule has 1 aliphatic rings. The van der Waals surface area contributed by atoms with Crippen LogP contribution < -0.4 is 10.6 Å². The third-order valence-electron chi connectivity index (χ3n) is 2.47. The Bertz CT molecular complexity index is 153. The summed E-state index contributed by atoms with van der Waals surface area (Å²) in [5.74, 6) is 0.851. The summed E-state index contributed by atoms with van der Waals surface area (Å²) in [6.45, 7) is 4.69. The van der Waals surface area contributed by atoms with Gasteiger partial charge in [0.1, 0.15) is 0 Å². The molecule has 0 spiro atoms. The Balaban J connectivity index is 2.06. The second-order valence-electron chi connectivity index (χ2n) is 3.63. The number of nitrogens with zero attached hydrogens (tertiary/aromatic N) is 1. The minimum absolute atomic E-state index is 0.188. The van der Waals surface area contributed by atoms with Crippen molar-refractivity contribution in [2.75, 3.05) is 19.6 Å². The summed E-state index contributed by atoms with van der Waals surface area (Å²) in [4.78, 5) is 11.1. The highest BCUT2D eigenvalue weighted by molar-refractivity contribution is 5.75. The maximum absolute atomic E-state index is 11.1. The Hall–Kier alpha value is -0.570. The molecule has 1 N–H and O–H groups in total. The van der Waals surface area contributed by atoms with Gasteiger partial charge in [0.05, 0.1) is 0 Å². The second kappa shape index (κ2) is 5.97. The molecule has 1 aliphatic heterocycles. The molecular weight excluding hydrogens is 164 g/mol. The molecule has 3 nitrogen and oxygen atoms in total. The highest BCUT2D eigenvalue weighted by Gasteiger charge is 2.14. The van der Waals surface area contributed by atoms with E-state index in [1.807, 2.05) is 6.92 Å². The van der Waals surface area contributed by atoms with Crippen LogP contribution in [0, 0.1) is 5.92 Å². The van der Waals surface area contributed by atoms with Crippen LogP contribution in [0.15, 0.2) is 0 Å². The summed E-state index contributed by atoms with van der Waals surface area (Å²) in [6.07, 6.45) is 4.15. The van der Waals surface area contributed by atoms with Crippen molar-refractivity contribution in [2.24, 2.45) is 5.92 Å². The first-order valence-electron chi connectivity index (χ1n) is 5.23. The Kier molecular flexibility index (Phi) is 4.83. The number of rotatable bonds is 4. The third kappa shape index (κ3) is 4.27. The fraction of sp³-hybridized carbons (Fsp3) is 0.900. The zero-order valence-electron chi connectivity index (χ0n) is 8.38. The van der Waals surface area contributed by atoms with Crippen molar-refractivity contribution in [3.63, 3.8) is 0 Å². The normalized spacial score (nSPS) is 22.7. The van der Waals surface area contributed by atoms with E-state index in [9.17, 15) is 4.79 Å². The number of piperidine rings is 1. The van der Waals surface area contributed by atoms with Crippen molar-refractivity contribution < 1.29 is 4.79 Å². The van der Waals surface area contributed by atoms with Crippen LogP contribution in [0.5, 0.6) is 0 Å². The van der Waals surface area contributed by atoms with Gasteiger partial charge < -0.3 is 5.32 Å². The molecule has 0 aromatic heterocycles. The number of hydrogen-bond acceptors (Lipinski definition) is 1. The molecule has 1 fully saturated rings. The minimum Gasteiger partial charge on any atom is -0.356 e. The highest BCUT2D eigenvalue weighted by Crippen LogP contribution is 2.16. The summed E-state index contributed by atoms with van der Waals surface area (Å²) in [7, 11) is 0. The summed E-state index contributed by atoms with van der Waals surface area (Å²) < 4.78 is 0. The van der Waals surface area contributed by atoms with Crippen LogP contribution in [-0.2, 0) is 4.79 Å². The first kappa shape index (κ1) is 10.5. The van der Waals surface area contributed by atoms with Gasteiger partial charge in [-0.05, 0) is 32.1 Å². The largest absolute Gasteiger partial charge is 0.356 e. The molecule has 1 radical (unpaired) electrons. The van der Waals surface area contributed by atoms with E-state index < -0.39 is 0 Å². The molecule has 0 aromatic rings. The van der Waals surface area contributed by atoms with Crippen molar-refractivity contribution in [3.05, 3.63) is 0 Å². The van der Waals surface area contributed by atoms with Crippen molar-refractivity contribution in [1.29, 1.82) is 0 Å². The van der Waals surface area contributed by atoms with Gasteiger partial charge in [0.15, 0.2) is 0 Å². The SMILES string of the molecule is CCNC(=O)CCC1CCC[N]C1. The average molecular weight is 183 g/mol. The predicted molar refractivity (Wildman–Crippen MR) is 52.5 cm³/mol. The molecule has 0 bridgehead atoms. The number of amides is 1. The highest BCUT2D eigenvalue weighted by atomic mass is 16.1. The smallest absolute Gasteiger partial charge is 0.219 e. The molecule has 13 heavy (non-hydrogen) atoms. The summed E-state index contributed by atoms with van der Waals surface area (Å²) in [5.41, 5.74) is 0. The maximum Gasteiger partial charge on any atom is 0.219 e. The van der Waals surface area contributed by atoms with E-state index in [0.717, 1.165) is 26.1 Å². The Labute approximate surface area is 80.3 Å². The van der Waals surface area contributed by atoms with E-state index in [4.69, 9.17) is 0 Å². The van der Waals surface area contributed by atoms with Gasteiger partial charge in [0, 0.05) is 26.1 Å². The topological polar surface area (TPSA) is 43.2 Å². The number of nitrogens with one attached hydrogen (secondary N) is 1. The lowest BCUT2D eigenvalue weighted by Crippen LogP contribution is -2.27. The zero-order chi connectivity index (χ0) is 9.52. The van der Waals surface area contributed by atoms with Crippen molar-refractivity contribution in [2.45, 2.75) is 32.6 Å². The van der Waals surface area contributed by atoms with Crippen LogP contribution in [0.1, 0.15) is 32.6 Å². The van der Waals surface area contributed by atoms with Gasteiger partial charge in [-0.15, -0.1) is 0 Å². The average Bonchev–Trinajstić information content (AvgIpc) is 2.17. The molecule has 1 amide bonds. The Morgan fingerprint density at radius 2 is 2.46 bits per heavy atom. The monoisotopic (exact) mass is 183 g/mol. The molecule has 3 heteroatoms. The maximum atomic E-state index is 11.1. The lowest BCUT2D eigenvalue weighted by Gasteiger charge is -2.20. The van der Waals surface area contributed by atoms with Crippen molar-refractivity contribution in [1.82, 2.24) is 10.6 Å². The predicted octanol–water partition coefficient (Wildman–Crippen LogP) is 0.917. The van der Waals surface area contributed by atoms with Crippen molar-refractivity contribution in [3.8, 4) is 0 Å². The molecule has 0 aromatic carbocycles. The van der Waals surface area contributed by atoms with E-state index in [2.05, 4.69) is 10.6 Å². The molecule has 75 valence electrons. The lowest BCUT2D eigenvalue weighted by atomic mass is 9.94. The van der Waals surface area contributed by atoms with E-state index in [1.165, 1.54) is 12.8 Å². The van der Waals surface area contributed by atoms with Gasteiger partial charge in [-0.25, -0.2) is 5.32 Å². The van der Waals surface area contributed by atoms with Crippen molar-refractivity contribution >= 4 is 5.91 Å². The Morgan fingerprint density at radius 1 is 1.62 bits per heavy atom. The summed E-state index contributed by atoms with van der Waals surface area (Å²) in [6, 6.07) is 0. The molecular formula is C10H19N2O. The lowest BCUT2D eigenvalue weighted by molar-refractivity contribution is -0.121. The quantitative estimate of drug-likeness (QED) is 0.692. The first-order chi connectivity index (χ1) is 6.33. The zero-order valence-corrected chi connectivity index (χ0v) is 8.38. The number of carbonyl (C=O) groups excluding carboxylic acids is 1. The van der Waals surface area contributed by atoms with E-state index in [0.29, 0.717) is 12.3 Å². The van der Waals surface area contributed by atoms with Crippen LogP contribution in [0.3, 0.4) is 0 Å². The molecule has 1 saturated heterocycles. The fourth-order valence-electron chi connectivity index (χ4n) is 1.71. The Morgan fingerprint density at radius 3 is 3.08 bits per heavy atom. The standard InChI is InChI=1S/C10H19N2O/c1-2-12-10(13)6-5-9-4-3-7-11-8-9/h9H,2-8H2,1H3,(H,12,13). The molecule has 0 aliphatic carbocycles. The first-order valence-corrected chi connectivity index (χ1v) is 5.23. The minimum atomic E-state index is 0.188. The van der Waals surface area contributed by atoms with Gasteiger partial charge >= 0.3 is 0 Å². The van der Waals surface area contributed by atoms with Crippen LogP contribution in [0.2, 0.25) is 0 Å². The fourth-order valence-corrected chi connectivity index (χ4v) is 1.71. The molecule has 1 atom stereocenters. The van der Waals surface area contributed by atoms with E-state index >= 15 is 0 Å². The number of carbonyl (C=O) groups is 1. The van der Waals surface area contributed by atoms with Crippen LogP contribution >= 0.6 is 0 Å². The van der Waals surface area contributed by atoms with Gasteiger partial charge in [0.25, 0.3) is 0 Å². The molecule has 1 heterocycles. The molecule has 1 rings (SSSR count). The van der Waals surface area contributed by atoms with E-state index in [1.54, 1.807) is 0 Å². The van der Waals surface area contributed by atoms with Crippen LogP contribution in [-0.4, -0.2) is 25.5 Å². The molecule has 0 saturated carbocycles. The van der Waals surface area contributed by atoms with Crippen LogP contribution in [0.4, 0.5) is 0 Å². The van der Waals surface area contributed by atoms with Crippen LogP contribution in [0.25, 0.3) is 0 Å². The van der Waals surface area contributed by atoms with Gasteiger partial charge in [-0.2, -0.15) is 0 Å². The third-order valence-corrected chi connectivity index (χ3v) is 2.47. The second-order valence-corrected chi connectivity index (χ2v) is 3.63. The molecule has 1 unspecified atom stereocenters. The van der Waals surface area contributed by atoms with Gasteiger partial charge in [-0.1, -0.05) is 0 Å². The summed E-state index contributed by atoms with van der Waals surface area (Å²) >= 11 is 0. The summed E-state index contributed by atoms with van der Waals surface area (Å²) in [5, 5.41) is 7.17. The van der Waals surface area contributed by atoms with Gasteiger partial charge in [0.2, 0.25) is 5.91 Å². The number of hydrogen-bond donors (Lipinski definition) is 1.